The van der Waals surface area contributed by atoms with E-state index in [1.54, 1.807) is 0 Å². The minimum Gasteiger partial charge on any atom is -0.374 e. The first kappa shape index (κ1) is 12.1. The van der Waals surface area contributed by atoms with Gasteiger partial charge in [0.15, 0.2) is 5.78 Å². The zero-order valence-corrected chi connectivity index (χ0v) is 9.78. The smallest absolute Gasteiger partial charge is 0.168 e. The molecule has 0 amide bonds. The van der Waals surface area contributed by atoms with E-state index in [-0.39, 0.29) is 5.78 Å². The second-order valence-electron chi connectivity index (χ2n) is 3.75. The highest BCUT2D eigenvalue weighted by atomic mass is 32.2. The summed E-state index contributed by atoms with van der Waals surface area (Å²) in [5.41, 5.74) is 0. The van der Waals surface area contributed by atoms with Crippen LogP contribution in [-0.4, -0.2) is 30.0 Å². The Morgan fingerprint density at radius 1 is 1.36 bits per heavy atom. The van der Waals surface area contributed by atoms with Crippen molar-refractivity contribution in [2.45, 2.75) is 44.3 Å². The molecule has 1 saturated carbocycles. The molecule has 0 spiro atoms. The summed E-state index contributed by atoms with van der Waals surface area (Å²) in [5, 5.41) is 0.731. The minimum atomic E-state index is 0.238. The summed E-state index contributed by atoms with van der Waals surface area (Å²) < 4.78 is 5.07. The molecule has 0 aromatic carbocycles. The summed E-state index contributed by atoms with van der Waals surface area (Å²) in [6, 6.07) is 0. The van der Waals surface area contributed by atoms with Gasteiger partial charge in [-0.25, -0.2) is 0 Å². The number of thioether (sulfide) groups is 1. The number of hydrogen-bond acceptors (Lipinski definition) is 3. The lowest BCUT2D eigenvalue weighted by atomic mass is 10.0. The predicted octanol–water partition coefficient (Wildman–Crippen LogP) is 2.66. The van der Waals surface area contributed by atoms with Crippen LogP contribution in [0.4, 0.5) is 0 Å². The SMILES string of the molecule is CCOCC(=O)CSC1CCCCC1. The number of carbonyl (C=O) groups is 1. The number of hydrogen-bond donors (Lipinski definition) is 0. The van der Waals surface area contributed by atoms with E-state index in [9.17, 15) is 4.79 Å². The van der Waals surface area contributed by atoms with Crippen LogP contribution in [0.2, 0.25) is 0 Å². The van der Waals surface area contributed by atoms with E-state index in [2.05, 4.69) is 0 Å². The minimum absolute atomic E-state index is 0.238. The Labute approximate surface area is 90.8 Å². The molecule has 2 nitrogen and oxygen atoms in total. The van der Waals surface area contributed by atoms with E-state index in [0.29, 0.717) is 19.0 Å². The maximum Gasteiger partial charge on any atom is 0.168 e. The topological polar surface area (TPSA) is 26.3 Å². The fourth-order valence-electron chi connectivity index (χ4n) is 1.70. The molecule has 0 radical (unpaired) electrons. The molecule has 1 rings (SSSR count). The molecule has 1 aliphatic carbocycles. The number of carbonyl (C=O) groups excluding carboxylic acids is 1. The van der Waals surface area contributed by atoms with Crippen molar-refractivity contribution in [2.24, 2.45) is 0 Å². The van der Waals surface area contributed by atoms with Gasteiger partial charge in [-0.1, -0.05) is 19.3 Å². The van der Waals surface area contributed by atoms with Crippen LogP contribution in [0.25, 0.3) is 0 Å². The summed E-state index contributed by atoms with van der Waals surface area (Å²) >= 11 is 1.83. The summed E-state index contributed by atoms with van der Waals surface area (Å²) in [5.74, 6) is 0.882. The van der Waals surface area contributed by atoms with Crippen molar-refractivity contribution in [2.75, 3.05) is 19.0 Å². The van der Waals surface area contributed by atoms with Gasteiger partial charge >= 0.3 is 0 Å². The van der Waals surface area contributed by atoms with Crippen LogP contribution in [0, 0.1) is 0 Å². The monoisotopic (exact) mass is 216 g/mol. The van der Waals surface area contributed by atoms with Gasteiger partial charge in [-0.3, -0.25) is 4.79 Å². The van der Waals surface area contributed by atoms with Crippen molar-refractivity contribution in [3.8, 4) is 0 Å². The van der Waals surface area contributed by atoms with Crippen molar-refractivity contribution < 1.29 is 9.53 Å². The average Bonchev–Trinajstić information content (AvgIpc) is 2.25. The first-order chi connectivity index (χ1) is 6.83. The molecule has 82 valence electrons. The molecule has 0 bridgehead atoms. The lowest BCUT2D eigenvalue weighted by molar-refractivity contribution is -0.120. The molecular formula is C11H20O2S. The van der Waals surface area contributed by atoms with Crippen molar-refractivity contribution in [1.29, 1.82) is 0 Å². The molecule has 14 heavy (non-hydrogen) atoms. The molecule has 0 atom stereocenters. The van der Waals surface area contributed by atoms with E-state index >= 15 is 0 Å². The largest absolute Gasteiger partial charge is 0.374 e. The Balaban J connectivity index is 2.03. The maximum absolute atomic E-state index is 11.3. The number of ether oxygens (including phenoxy) is 1. The predicted molar refractivity (Wildman–Crippen MR) is 60.8 cm³/mol. The van der Waals surface area contributed by atoms with E-state index in [4.69, 9.17) is 4.74 Å². The third kappa shape index (κ3) is 5.01. The Bertz CT molecular complexity index is 165. The number of Topliss-reactive ketones (excluding diaryl/α,β-unsaturated/α-hetero) is 1. The Morgan fingerprint density at radius 3 is 2.71 bits per heavy atom. The first-order valence-corrected chi connectivity index (χ1v) is 6.59. The second kappa shape index (κ2) is 7.30. The van der Waals surface area contributed by atoms with Crippen molar-refractivity contribution >= 4 is 17.5 Å². The molecule has 0 aromatic heterocycles. The van der Waals surface area contributed by atoms with Crippen LogP contribution in [0.3, 0.4) is 0 Å². The van der Waals surface area contributed by atoms with Crippen LogP contribution in [0.15, 0.2) is 0 Å². The fraction of sp³-hybridized carbons (Fsp3) is 0.909. The number of rotatable bonds is 6. The van der Waals surface area contributed by atoms with E-state index < -0.39 is 0 Å². The number of ketones is 1. The summed E-state index contributed by atoms with van der Waals surface area (Å²) in [6.07, 6.45) is 6.66. The molecule has 1 fully saturated rings. The zero-order valence-electron chi connectivity index (χ0n) is 8.96. The van der Waals surface area contributed by atoms with Gasteiger partial charge in [-0.2, -0.15) is 11.8 Å². The summed E-state index contributed by atoms with van der Waals surface area (Å²) in [7, 11) is 0. The van der Waals surface area contributed by atoms with E-state index in [1.165, 1.54) is 32.1 Å². The van der Waals surface area contributed by atoms with Gasteiger partial charge in [0.1, 0.15) is 6.61 Å². The highest BCUT2D eigenvalue weighted by Crippen LogP contribution is 2.27. The lowest BCUT2D eigenvalue weighted by Crippen LogP contribution is -2.15. The molecule has 0 unspecified atom stereocenters. The molecule has 3 heteroatoms. The van der Waals surface area contributed by atoms with Gasteiger partial charge in [-0.15, -0.1) is 0 Å². The van der Waals surface area contributed by atoms with Gasteiger partial charge in [0.05, 0.1) is 5.75 Å². The van der Waals surface area contributed by atoms with Crippen LogP contribution >= 0.6 is 11.8 Å². The quantitative estimate of drug-likeness (QED) is 0.683. The Morgan fingerprint density at radius 2 is 2.07 bits per heavy atom. The normalized spacial score (nSPS) is 18.4. The second-order valence-corrected chi connectivity index (χ2v) is 5.04. The van der Waals surface area contributed by atoms with Crippen molar-refractivity contribution in [3.05, 3.63) is 0 Å². The summed E-state index contributed by atoms with van der Waals surface area (Å²) in [4.78, 5) is 11.3. The van der Waals surface area contributed by atoms with Crippen LogP contribution in [0.1, 0.15) is 39.0 Å². The zero-order chi connectivity index (χ0) is 10.2. The third-order valence-corrected chi connectivity index (χ3v) is 3.93. The maximum atomic E-state index is 11.3. The van der Waals surface area contributed by atoms with E-state index in [1.807, 2.05) is 18.7 Å². The Kier molecular flexibility index (Phi) is 6.28. The molecule has 0 N–H and O–H groups in total. The molecule has 1 aliphatic rings. The highest BCUT2D eigenvalue weighted by molar-refractivity contribution is 8.00. The van der Waals surface area contributed by atoms with Gasteiger partial charge in [0.25, 0.3) is 0 Å². The molecule has 0 aromatic rings. The van der Waals surface area contributed by atoms with Crippen LogP contribution in [0.5, 0.6) is 0 Å². The lowest BCUT2D eigenvalue weighted by Gasteiger charge is -2.20. The van der Waals surface area contributed by atoms with Gasteiger partial charge in [0.2, 0.25) is 0 Å². The molecule has 0 aliphatic heterocycles. The van der Waals surface area contributed by atoms with Crippen LogP contribution < -0.4 is 0 Å². The molecular weight excluding hydrogens is 196 g/mol. The van der Waals surface area contributed by atoms with Gasteiger partial charge in [-0.05, 0) is 19.8 Å². The third-order valence-electron chi connectivity index (χ3n) is 2.50. The fourth-order valence-corrected chi connectivity index (χ4v) is 2.87. The summed E-state index contributed by atoms with van der Waals surface area (Å²) in [6.45, 7) is 2.86. The Hall–Kier alpha value is -0.0200. The van der Waals surface area contributed by atoms with Gasteiger partial charge in [0, 0.05) is 11.9 Å². The van der Waals surface area contributed by atoms with Crippen LogP contribution in [-0.2, 0) is 9.53 Å². The highest BCUT2D eigenvalue weighted by Gasteiger charge is 2.14. The molecule has 0 saturated heterocycles. The first-order valence-electron chi connectivity index (χ1n) is 5.54. The average molecular weight is 216 g/mol. The van der Waals surface area contributed by atoms with E-state index in [0.717, 1.165) is 5.25 Å². The standard InChI is InChI=1S/C11H20O2S/c1-2-13-8-10(12)9-14-11-6-4-3-5-7-11/h11H,2-9H2,1H3. The van der Waals surface area contributed by atoms with Crippen molar-refractivity contribution in [3.63, 3.8) is 0 Å². The van der Waals surface area contributed by atoms with Gasteiger partial charge < -0.3 is 4.74 Å². The van der Waals surface area contributed by atoms with Crippen molar-refractivity contribution in [1.82, 2.24) is 0 Å². The molecule has 0 heterocycles.